The average molecular weight is 266 g/mol. The number of fused-ring (bicyclic) bond motifs is 1. The molecule has 3 heteroatoms. The third-order valence-corrected chi connectivity index (χ3v) is 3.67. The minimum atomic E-state index is 0.0888. The van der Waals surface area contributed by atoms with E-state index in [9.17, 15) is 4.79 Å². The molecule has 1 N–H and O–H groups in total. The average Bonchev–Trinajstić information content (AvgIpc) is 2.47. The van der Waals surface area contributed by atoms with E-state index in [0.29, 0.717) is 6.54 Å². The smallest absolute Gasteiger partial charge is 0.258 e. The van der Waals surface area contributed by atoms with Crippen molar-refractivity contribution in [2.24, 2.45) is 0 Å². The number of hydrogen-bond donors (Lipinski definition) is 1. The molecule has 0 radical (unpaired) electrons. The Morgan fingerprint density at radius 3 is 2.60 bits per heavy atom. The molecule has 3 rings (SSSR count). The molecule has 1 amide bonds. The van der Waals surface area contributed by atoms with Gasteiger partial charge in [0.25, 0.3) is 5.91 Å². The summed E-state index contributed by atoms with van der Waals surface area (Å²) in [6, 6.07) is 15.9. The predicted octanol–water partition coefficient (Wildman–Crippen LogP) is 2.75. The second-order valence-electron chi connectivity index (χ2n) is 5.13. The topological polar surface area (TPSA) is 32.3 Å². The van der Waals surface area contributed by atoms with Crippen molar-refractivity contribution in [1.82, 2.24) is 5.32 Å². The lowest BCUT2D eigenvalue weighted by Gasteiger charge is -2.26. The summed E-state index contributed by atoms with van der Waals surface area (Å²) in [5.41, 5.74) is 4.01. The SMILES string of the molecule is Cc1ccc(N2CCNCc3ccccc3C2=O)cc1. The number of anilines is 1. The molecule has 0 aliphatic carbocycles. The van der Waals surface area contributed by atoms with Crippen LogP contribution in [0.4, 0.5) is 5.69 Å². The highest BCUT2D eigenvalue weighted by Crippen LogP contribution is 2.20. The van der Waals surface area contributed by atoms with E-state index in [1.807, 2.05) is 53.4 Å². The molecule has 1 aliphatic heterocycles. The zero-order valence-electron chi connectivity index (χ0n) is 11.6. The maximum atomic E-state index is 12.8. The van der Waals surface area contributed by atoms with Gasteiger partial charge in [0.2, 0.25) is 0 Å². The zero-order chi connectivity index (χ0) is 13.9. The monoisotopic (exact) mass is 266 g/mol. The first kappa shape index (κ1) is 12.9. The molecule has 0 spiro atoms. The highest BCUT2D eigenvalue weighted by molar-refractivity contribution is 6.07. The molecular formula is C17H18N2O. The van der Waals surface area contributed by atoms with Crippen LogP contribution in [0.1, 0.15) is 21.5 Å². The number of carbonyl (C=O) groups is 1. The molecule has 3 nitrogen and oxygen atoms in total. The van der Waals surface area contributed by atoms with E-state index >= 15 is 0 Å². The fraction of sp³-hybridized carbons (Fsp3) is 0.235. The van der Waals surface area contributed by atoms with Crippen molar-refractivity contribution in [3.63, 3.8) is 0 Å². The number of rotatable bonds is 1. The van der Waals surface area contributed by atoms with E-state index in [4.69, 9.17) is 0 Å². The molecule has 0 bridgehead atoms. The lowest BCUT2D eigenvalue weighted by atomic mass is 10.0. The van der Waals surface area contributed by atoms with Crippen LogP contribution in [0.3, 0.4) is 0 Å². The Bertz CT molecular complexity index is 619. The maximum Gasteiger partial charge on any atom is 0.258 e. The molecule has 20 heavy (non-hydrogen) atoms. The van der Waals surface area contributed by atoms with Crippen molar-refractivity contribution in [3.8, 4) is 0 Å². The van der Waals surface area contributed by atoms with E-state index in [-0.39, 0.29) is 5.91 Å². The quantitative estimate of drug-likeness (QED) is 0.860. The van der Waals surface area contributed by atoms with Crippen LogP contribution in [0.5, 0.6) is 0 Å². The highest BCUT2D eigenvalue weighted by atomic mass is 16.2. The van der Waals surface area contributed by atoms with Crippen molar-refractivity contribution >= 4 is 11.6 Å². The van der Waals surface area contributed by atoms with Crippen molar-refractivity contribution in [2.45, 2.75) is 13.5 Å². The van der Waals surface area contributed by atoms with Crippen molar-refractivity contribution in [3.05, 3.63) is 65.2 Å². The van der Waals surface area contributed by atoms with Gasteiger partial charge < -0.3 is 10.2 Å². The molecule has 1 aliphatic rings. The molecule has 0 aromatic heterocycles. The first-order valence-corrected chi connectivity index (χ1v) is 6.93. The number of carbonyl (C=O) groups excluding carboxylic acids is 1. The van der Waals surface area contributed by atoms with Crippen molar-refractivity contribution in [1.29, 1.82) is 0 Å². The van der Waals surface area contributed by atoms with E-state index < -0.39 is 0 Å². The Morgan fingerprint density at radius 1 is 1.05 bits per heavy atom. The van der Waals surface area contributed by atoms with Gasteiger partial charge in [-0.15, -0.1) is 0 Å². The summed E-state index contributed by atoms with van der Waals surface area (Å²) in [5.74, 6) is 0.0888. The summed E-state index contributed by atoms with van der Waals surface area (Å²) in [5, 5.41) is 3.38. The third kappa shape index (κ3) is 2.45. The molecule has 102 valence electrons. The largest absolute Gasteiger partial charge is 0.311 e. The summed E-state index contributed by atoms with van der Waals surface area (Å²) < 4.78 is 0. The van der Waals surface area contributed by atoms with Crippen LogP contribution in [0, 0.1) is 6.92 Å². The van der Waals surface area contributed by atoms with Gasteiger partial charge in [0.1, 0.15) is 0 Å². The molecule has 2 aromatic rings. The summed E-state index contributed by atoms with van der Waals surface area (Å²) in [7, 11) is 0. The highest BCUT2D eigenvalue weighted by Gasteiger charge is 2.21. The number of aryl methyl sites for hydroxylation is 1. The first-order valence-electron chi connectivity index (χ1n) is 6.93. The molecule has 0 saturated carbocycles. The second kappa shape index (κ2) is 5.47. The normalized spacial score (nSPS) is 15.4. The van der Waals surface area contributed by atoms with Gasteiger partial charge in [-0.05, 0) is 30.7 Å². The van der Waals surface area contributed by atoms with Crippen molar-refractivity contribution in [2.75, 3.05) is 18.0 Å². The van der Waals surface area contributed by atoms with Gasteiger partial charge in [0.15, 0.2) is 0 Å². The van der Waals surface area contributed by atoms with Gasteiger partial charge in [0.05, 0.1) is 0 Å². The minimum Gasteiger partial charge on any atom is -0.311 e. The fourth-order valence-electron chi connectivity index (χ4n) is 2.52. The van der Waals surface area contributed by atoms with Crippen LogP contribution in [0.25, 0.3) is 0 Å². The minimum absolute atomic E-state index is 0.0888. The van der Waals surface area contributed by atoms with Crippen molar-refractivity contribution < 1.29 is 4.79 Å². The maximum absolute atomic E-state index is 12.8. The number of hydrogen-bond acceptors (Lipinski definition) is 2. The summed E-state index contributed by atoms with van der Waals surface area (Å²) >= 11 is 0. The van der Waals surface area contributed by atoms with Gasteiger partial charge in [-0.2, -0.15) is 0 Å². The van der Waals surface area contributed by atoms with Crippen LogP contribution in [0.15, 0.2) is 48.5 Å². The van der Waals surface area contributed by atoms with E-state index in [1.165, 1.54) is 5.56 Å². The summed E-state index contributed by atoms with van der Waals surface area (Å²) in [6.45, 7) is 4.30. The summed E-state index contributed by atoms with van der Waals surface area (Å²) in [6.07, 6.45) is 0. The Morgan fingerprint density at radius 2 is 1.80 bits per heavy atom. The Hall–Kier alpha value is -2.13. The van der Waals surface area contributed by atoms with Crippen LogP contribution >= 0.6 is 0 Å². The second-order valence-corrected chi connectivity index (χ2v) is 5.13. The Balaban J connectivity index is 2.00. The Kier molecular flexibility index (Phi) is 3.52. The van der Waals surface area contributed by atoms with Gasteiger partial charge in [0, 0.05) is 30.9 Å². The molecule has 0 atom stereocenters. The zero-order valence-corrected chi connectivity index (χ0v) is 11.6. The van der Waals surface area contributed by atoms with Gasteiger partial charge in [-0.1, -0.05) is 35.9 Å². The fourth-order valence-corrected chi connectivity index (χ4v) is 2.52. The number of benzene rings is 2. The van der Waals surface area contributed by atoms with Crippen LogP contribution in [-0.4, -0.2) is 19.0 Å². The lowest BCUT2D eigenvalue weighted by molar-refractivity contribution is 0.0984. The molecule has 2 aromatic carbocycles. The lowest BCUT2D eigenvalue weighted by Crippen LogP contribution is -2.39. The summed E-state index contributed by atoms with van der Waals surface area (Å²) in [4.78, 5) is 14.6. The van der Waals surface area contributed by atoms with E-state index in [0.717, 1.165) is 29.9 Å². The van der Waals surface area contributed by atoms with Crippen LogP contribution < -0.4 is 10.2 Å². The molecule has 0 unspecified atom stereocenters. The first-order chi connectivity index (χ1) is 9.75. The Labute approximate surface area is 119 Å². The number of amides is 1. The number of nitrogens with zero attached hydrogens (tertiary/aromatic N) is 1. The standard InChI is InChI=1S/C17H18N2O/c1-13-6-8-15(9-7-13)19-11-10-18-12-14-4-2-3-5-16(14)17(19)20/h2-9,18H,10-12H2,1H3. The third-order valence-electron chi connectivity index (χ3n) is 3.67. The van der Waals surface area contributed by atoms with Gasteiger partial charge in [-0.25, -0.2) is 0 Å². The van der Waals surface area contributed by atoms with E-state index in [1.54, 1.807) is 0 Å². The van der Waals surface area contributed by atoms with Crippen LogP contribution in [-0.2, 0) is 6.54 Å². The molecular weight excluding hydrogens is 248 g/mol. The van der Waals surface area contributed by atoms with Gasteiger partial charge in [-0.3, -0.25) is 4.79 Å². The predicted molar refractivity (Wildman–Crippen MR) is 81.0 cm³/mol. The molecule has 0 saturated heterocycles. The molecule has 1 heterocycles. The molecule has 0 fully saturated rings. The van der Waals surface area contributed by atoms with Crippen LogP contribution in [0.2, 0.25) is 0 Å². The van der Waals surface area contributed by atoms with Gasteiger partial charge >= 0.3 is 0 Å². The van der Waals surface area contributed by atoms with E-state index in [2.05, 4.69) is 12.2 Å². The number of nitrogens with one attached hydrogen (secondary N) is 1.